The summed E-state index contributed by atoms with van der Waals surface area (Å²) in [5.41, 5.74) is 0. The van der Waals surface area contributed by atoms with E-state index in [1.54, 1.807) is 6.07 Å². The molecule has 0 heterocycles. The molecule has 0 aromatic rings. The Balaban J connectivity index is 3.25. The molecule has 0 radical (unpaired) electrons. The van der Waals surface area contributed by atoms with Gasteiger partial charge in [0.1, 0.15) is 0 Å². The smallest absolute Gasteiger partial charge is 0.0982 e. The Morgan fingerprint density at radius 2 is 1.88 bits per heavy atom. The van der Waals surface area contributed by atoms with Gasteiger partial charge >= 0.3 is 0 Å². The molecule has 2 N–H and O–H groups in total. The molecular weight excluding hydrogens is 108 g/mol. The van der Waals surface area contributed by atoms with E-state index >= 15 is 0 Å². The van der Waals surface area contributed by atoms with Crippen molar-refractivity contribution in [2.45, 2.75) is 0 Å². The number of nitriles is 1. The zero-order valence-electron chi connectivity index (χ0n) is 4.41. The predicted molar refractivity (Wildman–Crippen MR) is 26.5 cm³/mol. The molecule has 0 rings (SSSR count). The highest BCUT2D eigenvalue weighted by Crippen LogP contribution is 1.77. The SMILES string of the molecule is N#CCN(CO)CO. The van der Waals surface area contributed by atoms with Gasteiger partial charge in [-0.25, -0.2) is 4.90 Å². The van der Waals surface area contributed by atoms with E-state index in [2.05, 4.69) is 0 Å². The van der Waals surface area contributed by atoms with Crippen LogP contribution in [0.1, 0.15) is 0 Å². The normalized spacial score (nSPS) is 9.25. The summed E-state index contributed by atoms with van der Waals surface area (Å²) >= 11 is 0. The fourth-order valence-electron chi connectivity index (χ4n) is 0.245. The topological polar surface area (TPSA) is 67.5 Å². The van der Waals surface area contributed by atoms with E-state index in [0.717, 1.165) is 0 Å². The molecule has 46 valence electrons. The lowest BCUT2D eigenvalue weighted by atomic mass is 10.6. The van der Waals surface area contributed by atoms with E-state index in [1.807, 2.05) is 0 Å². The molecule has 0 atom stereocenters. The van der Waals surface area contributed by atoms with Crippen LogP contribution in [0.2, 0.25) is 0 Å². The van der Waals surface area contributed by atoms with Gasteiger partial charge in [0, 0.05) is 0 Å². The summed E-state index contributed by atoms with van der Waals surface area (Å²) < 4.78 is 0. The Kier molecular flexibility index (Phi) is 4.17. The van der Waals surface area contributed by atoms with Crippen molar-refractivity contribution >= 4 is 0 Å². The minimum absolute atomic E-state index is 0.0625. The van der Waals surface area contributed by atoms with Crippen LogP contribution < -0.4 is 0 Å². The Hall–Kier alpha value is -0.630. The van der Waals surface area contributed by atoms with Crippen LogP contribution in [-0.4, -0.2) is 35.1 Å². The maximum absolute atomic E-state index is 8.27. The lowest BCUT2D eigenvalue weighted by Gasteiger charge is -2.09. The van der Waals surface area contributed by atoms with Gasteiger partial charge in [-0.15, -0.1) is 0 Å². The van der Waals surface area contributed by atoms with Gasteiger partial charge in [0.05, 0.1) is 26.1 Å². The van der Waals surface area contributed by atoms with Crippen LogP contribution in [0.15, 0.2) is 0 Å². The Morgan fingerprint density at radius 3 is 2.00 bits per heavy atom. The monoisotopic (exact) mass is 116 g/mol. The Bertz CT molecular complexity index is 84.5. The first-order valence-corrected chi connectivity index (χ1v) is 2.16. The summed E-state index contributed by atoms with van der Waals surface area (Å²) in [6.07, 6.45) is 0. The van der Waals surface area contributed by atoms with Gasteiger partial charge < -0.3 is 10.2 Å². The van der Waals surface area contributed by atoms with Crippen molar-refractivity contribution in [3.05, 3.63) is 0 Å². The molecule has 0 saturated carbocycles. The van der Waals surface area contributed by atoms with Gasteiger partial charge in [-0.05, 0) is 0 Å². The van der Waals surface area contributed by atoms with E-state index in [9.17, 15) is 0 Å². The Morgan fingerprint density at radius 1 is 1.38 bits per heavy atom. The third kappa shape index (κ3) is 2.53. The van der Waals surface area contributed by atoms with Crippen molar-refractivity contribution in [3.8, 4) is 6.07 Å². The second-order valence-electron chi connectivity index (χ2n) is 1.27. The molecule has 0 bridgehead atoms. The van der Waals surface area contributed by atoms with Gasteiger partial charge in [-0.1, -0.05) is 0 Å². The maximum atomic E-state index is 8.27. The molecule has 0 saturated heterocycles. The second-order valence-corrected chi connectivity index (χ2v) is 1.27. The number of hydrogen-bond donors (Lipinski definition) is 2. The maximum Gasteiger partial charge on any atom is 0.0982 e. The zero-order valence-corrected chi connectivity index (χ0v) is 4.41. The molecule has 0 amide bonds. The van der Waals surface area contributed by atoms with Crippen molar-refractivity contribution in [3.63, 3.8) is 0 Å². The van der Waals surface area contributed by atoms with Crippen LogP contribution in [-0.2, 0) is 0 Å². The van der Waals surface area contributed by atoms with Gasteiger partial charge in [0.2, 0.25) is 0 Å². The van der Waals surface area contributed by atoms with Crippen molar-refractivity contribution < 1.29 is 10.2 Å². The summed E-state index contributed by atoms with van der Waals surface area (Å²) in [4.78, 5) is 1.18. The van der Waals surface area contributed by atoms with Gasteiger partial charge in [0.15, 0.2) is 0 Å². The first-order chi connectivity index (χ1) is 3.85. The van der Waals surface area contributed by atoms with Crippen LogP contribution >= 0.6 is 0 Å². The molecule has 0 aliphatic heterocycles. The third-order valence-corrected chi connectivity index (χ3v) is 0.694. The molecular formula is C4H8N2O2. The minimum Gasteiger partial charge on any atom is -0.381 e. The molecule has 0 spiro atoms. The van der Waals surface area contributed by atoms with Crippen LogP contribution in [0.5, 0.6) is 0 Å². The quantitative estimate of drug-likeness (QED) is 0.355. The summed E-state index contributed by atoms with van der Waals surface area (Å²) in [5, 5.41) is 24.5. The lowest BCUT2D eigenvalue weighted by molar-refractivity contribution is 0.0402. The molecule has 4 heteroatoms. The van der Waals surface area contributed by atoms with Crippen molar-refractivity contribution in [1.82, 2.24) is 4.90 Å². The first kappa shape index (κ1) is 7.37. The summed E-state index contributed by atoms with van der Waals surface area (Å²) in [6.45, 7) is -0.485. The van der Waals surface area contributed by atoms with Gasteiger partial charge in [0.25, 0.3) is 0 Å². The Labute approximate surface area is 47.6 Å². The van der Waals surface area contributed by atoms with Gasteiger partial charge in [-0.3, -0.25) is 0 Å². The van der Waals surface area contributed by atoms with Crippen LogP contribution in [0, 0.1) is 11.3 Å². The number of aliphatic hydroxyl groups is 2. The highest BCUT2D eigenvalue weighted by Gasteiger charge is 1.95. The number of hydrogen-bond acceptors (Lipinski definition) is 4. The van der Waals surface area contributed by atoms with E-state index in [4.69, 9.17) is 15.5 Å². The first-order valence-electron chi connectivity index (χ1n) is 2.16. The highest BCUT2D eigenvalue weighted by molar-refractivity contribution is 4.72. The summed E-state index contributed by atoms with van der Waals surface area (Å²) in [7, 11) is 0. The molecule has 0 aromatic carbocycles. The van der Waals surface area contributed by atoms with Crippen LogP contribution in [0.4, 0.5) is 0 Å². The lowest BCUT2D eigenvalue weighted by Crippen LogP contribution is -2.25. The summed E-state index contributed by atoms with van der Waals surface area (Å²) in [5.74, 6) is 0. The van der Waals surface area contributed by atoms with Crippen LogP contribution in [0.25, 0.3) is 0 Å². The second kappa shape index (κ2) is 4.53. The molecule has 0 fully saturated rings. The van der Waals surface area contributed by atoms with Crippen LogP contribution in [0.3, 0.4) is 0 Å². The van der Waals surface area contributed by atoms with Crippen molar-refractivity contribution in [1.29, 1.82) is 5.26 Å². The number of rotatable bonds is 3. The standard InChI is InChI=1S/C4H8N2O2/c5-1-2-6(3-7)4-8/h7-8H,2-4H2. The number of nitrogens with zero attached hydrogens (tertiary/aromatic N) is 2. The van der Waals surface area contributed by atoms with Crippen molar-refractivity contribution in [2.75, 3.05) is 20.0 Å². The highest BCUT2D eigenvalue weighted by atomic mass is 16.3. The van der Waals surface area contributed by atoms with E-state index in [0.29, 0.717) is 0 Å². The average Bonchev–Trinajstić information content (AvgIpc) is 1.83. The largest absolute Gasteiger partial charge is 0.381 e. The molecule has 4 nitrogen and oxygen atoms in total. The molecule has 0 aliphatic rings. The van der Waals surface area contributed by atoms with E-state index in [-0.39, 0.29) is 20.0 Å². The fraction of sp³-hybridized carbons (Fsp3) is 0.750. The van der Waals surface area contributed by atoms with E-state index in [1.165, 1.54) is 4.90 Å². The molecule has 0 unspecified atom stereocenters. The zero-order chi connectivity index (χ0) is 6.41. The molecule has 8 heavy (non-hydrogen) atoms. The van der Waals surface area contributed by atoms with Gasteiger partial charge in [-0.2, -0.15) is 5.26 Å². The van der Waals surface area contributed by atoms with Crippen molar-refractivity contribution in [2.24, 2.45) is 0 Å². The summed E-state index contributed by atoms with van der Waals surface area (Å²) in [6, 6.07) is 1.78. The molecule has 0 aliphatic carbocycles. The predicted octanol–water partition coefficient (Wildman–Crippen LogP) is -1.29. The average molecular weight is 116 g/mol. The number of aliphatic hydroxyl groups excluding tert-OH is 2. The molecule has 0 aromatic heterocycles. The van der Waals surface area contributed by atoms with E-state index < -0.39 is 0 Å². The fourth-order valence-corrected chi connectivity index (χ4v) is 0.245. The minimum atomic E-state index is -0.274. The third-order valence-electron chi connectivity index (χ3n) is 0.694.